The molecule has 1 aromatic heterocycles. The van der Waals surface area contributed by atoms with E-state index in [1.807, 2.05) is 25.5 Å². The molecule has 0 saturated heterocycles. The SMILES string of the molecule is CNC(c1cccnc1)C1CC(N)C1. The highest BCUT2D eigenvalue weighted by atomic mass is 14.9. The van der Waals surface area contributed by atoms with Crippen LogP contribution in [0.25, 0.3) is 0 Å². The molecule has 14 heavy (non-hydrogen) atoms. The lowest BCUT2D eigenvalue weighted by Gasteiger charge is -2.38. The van der Waals surface area contributed by atoms with Crippen molar-refractivity contribution in [3.63, 3.8) is 0 Å². The topological polar surface area (TPSA) is 50.9 Å². The van der Waals surface area contributed by atoms with E-state index in [9.17, 15) is 0 Å². The van der Waals surface area contributed by atoms with Gasteiger partial charge in [0.05, 0.1) is 0 Å². The molecule has 1 aliphatic rings. The zero-order chi connectivity index (χ0) is 9.97. The van der Waals surface area contributed by atoms with Gasteiger partial charge >= 0.3 is 0 Å². The van der Waals surface area contributed by atoms with E-state index in [1.165, 1.54) is 5.56 Å². The smallest absolute Gasteiger partial charge is 0.0362 e. The van der Waals surface area contributed by atoms with Gasteiger partial charge in [-0.2, -0.15) is 0 Å². The maximum atomic E-state index is 5.80. The average molecular weight is 191 g/mol. The molecule has 0 bridgehead atoms. The van der Waals surface area contributed by atoms with E-state index in [4.69, 9.17) is 5.73 Å². The van der Waals surface area contributed by atoms with E-state index < -0.39 is 0 Å². The fourth-order valence-corrected chi connectivity index (χ4v) is 2.22. The van der Waals surface area contributed by atoms with Crippen LogP contribution in [0.3, 0.4) is 0 Å². The van der Waals surface area contributed by atoms with Gasteiger partial charge in [-0.05, 0) is 37.4 Å². The van der Waals surface area contributed by atoms with Crippen LogP contribution in [0.1, 0.15) is 24.4 Å². The van der Waals surface area contributed by atoms with Gasteiger partial charge in [-0.1, -0.05) is 6.07 Å². The first kappa shape index (κ1) is 9.62. The Morgan fingerprint density at radius 1 is 1.57 bits per heavy atom. The minimum absolute atomic E-state index is 0.410. The molecule has 1 aromatic rings. The molecule has 1 fully saturated rings. The first-order valence-electron chi connectivity index (χ1n) is 5.14. The minimum Gasteiger partial charge on any atom is -0.328 e. The van der Waals surface area contributed by atoms with Crippen molar-refractivity contribution < 1.29 is 0 Å². The van der Waals surface area contributed by atoms with Crippen LogP contribution in [0.5, 0.6) is 0 Å². The standard InChI is InChI=1S/C11H17N3/c1-13-11(9-5-10(12)6-9)8-3-2-4-14-7-8/h2-4,7,9-11,13H,5-6,12H2,1H3. The largest absolute Gasteiger partial charge is 0.328 e. The van der Waals surface area contributed by atoms with Crippen LogP contribution >= 0.6 is 0 Å². The summed E-state index contributed by atoms with van der Waals surface area (Å²) < 4.78 is 0. The molecule has 2 rings (SSSR count). The Labute approximate surface area is 84.7 Å². The van der Waals surface area contributed by atoms with Crippen LogP contribution in [0.15, 0.2) is 24.5 Å². The zero-order valence-corrected chi connectivity index (χ0v) is 8.48. The van der Waals surface area contributed by atoms with Crippen molar-refractivity contribution in [1.29, 1.82) is 0 Å². The summed E-state index contributed by atoms with van der Waals surface area (Å²) in [7, 11) is 2.00. The summed E-state index contributed by atoms with van der Waals surface area (Å²) in [5.41, 5.74) is 7.07. The van der Waals surface area contributed by atoms with Crippen LogP contribution in [-0.2, 0) is 0 Å². The van der Waals surface area contributed by atoms with E-state index in [-0.39, 0.29) is 0 Å². The molecule has 0 amide bonds. The summed E-state index contributed by atoms with van der Waals surface area (Å²) in [6.07, 6.45) is 5.99. The first-order valence-corrected chi connectivity index (χ1v) is 5.14. The number of nitrogens with one attached hydrogen (secondary N) is 1. The Bertz CT molecular complexity index is 280. The maximum absolute atomic E-state index is 5.80. The Kier molecular flexibility index (Phi) is 2.79. The van der Waals surface area contributed by atoms with Crippen molar-refractivity contribution in [2.75, 3.05) is 7.05 Å². The van der Waals surface area contributed by atoms with Crippen molar-refractivity contribution in [3.8, 4) is 0 Å². The normalized spacial score (nSPS) is 28.1. The number of rotatable bonds is 3. The summed E-state index contributed by atoms with van der Waals surface area (Å²) in [6.45, 7) is 0. The van der Waals surface area contributed by atoms with Gasteiger partial charge in [0.2, 0.25) is 0 Å². The number of hydrogen-bond acceptors (Lipinski definition) is 3. The number of nitrogens with two attached hydrogens (primary N) is 1. The highest BCUT2D eigenvalue weighted by Crippen LogP contribution is 2.36. The van der Waals surface area contributed by atoms with E-state index >= 15 is 0 Å². The highest BCUT2D eigenvalue weighted by molar-refractivity contribution is 5.16. The van der Waals surface area contributed by atoms with Gasteiger partial charge in [-0.15, -0.1) is 0 Å². The molecule has 1 aliphatic carbocycles. The van der Waals surface area contributed by atoms with E-state index in [0.29, 0.717) is 18.0 Å². The molecule has 1 unspecified atom stereocenters. The predicted octanol–water partition coefficient (Wildman–Crippen LogP) is 1.08. The molecule has 0 radical (unpaired) electrons. The van der Waals surface area contributed by atoms with Crippen molar-refractivity contribution in [3.05, 3.63) is 30.1 Å². The van der Waals surface area contributed by atoms with Crippen LogP contribution < -0.4 is 11.1 Å². The minimum atomic E-state index is 0.410. The molecular formula is C11H17N3. The van der Waals surface area contributed by atoms with Crippen LogP contribution in [0.2, 0.25) is 0 Å². The quantitative estimate of drug-likeness (QED) is 0.751. The number of aromatic nitrogens is 1. The van der Waals surface area contributed by atoms with Gasteiger partial charge in [0.15, 0.2) is 0 Å². The van der Waals surface area contributed by atoms with Gasteiger partial charge in [0, 0.05) is 24.5 Å². The maximum Gasteiger partial charge on any atom is 0.0362 e. The third-order valence-electron chi connectivity index (χ3n) is 3.04. The molecule has 0 spiro atoms. The fourth-order valence-electron chi connectivity index (χ4n) is 2.22. The second-order valence-electron chi connectivity index (χ2n) is 4.04. The van der Waals surface area contributed by atoms with Gasteiger partial charge < -0.3 is 11.1 Å². The van der Waals surface area contributed by atoms with Crippen molar-refractivity contribution in [1.82, 2.24) is 10.3 Å². The summed E-state index contributed by atoms with van der Waals surface area (Å²) in [5, 5.41) is 3.35. The third-order valence-corrected chi connectivity index (χ3v) is 3.04. The van der Waals surface area contributed by atoms with Crippen molar-refractivity contribution in [2.24, 2.45) is 11.7 Å². The molecule has 1 saturated carbocycles. The number of hydrogen-bond donors (Lipinski definition) is 2. The van der Waals surface area contributed by atoms with E-state index in [2.05, 4.69) is 16.4 Å². The summed E-state index contributed by atoms with van der Waals surface area (Å²) in [4.78, 5) is 4.14. The predicted molar refractivity (Wildman–Crippen MR) is 56.7 cm³/mol. The molecule has 1 atom stereocenters. The van der Waals surface area contributed by atoms with Crippen LogP contribution in [0.4, 0.5) is 0 Å². The van der Waals surface area contributed by atoms with E-state index in [1.54, 1.807) is 0 Å². The molecule has 3 N–H and O–H groups in total. The average Bonchev–Trinajstić information content (AvgIpc) is 2.18. The summed E-state index contributed by atoms with van der Waals surface area (Å²) >= 11 is 0. The molecule has 1 heterocycles. The number of pyridine rings is 1. The Morgan fingerprint density at radius 2 is 2.36 bits per heavy atom. The molecule has 0 aromatic carbocycles. The molecular weight excluding hydrogens is 174 g/mol. The van der Waals surface area contributed by atoms with Gasteiger partial charge in [-0.3, -0.25) is 4.98 Å². The van der Waals surface area contributed by atoms with Crippen LogP contribution in [-0.4, -0.2) is 18.1 Å². The van der Waals surface area contributed by atoms with Gasteiger partial charge in [0.1, 0.15) is 0 Å². The molecule has 76 valence electrons. The van der Waals surface area contributed by atoms with E-state index in [0.717, 1.165) is 12.8 Å². The molecule has 3 nitrogen and oxygen atoms in total. The second kappa shape index (κ2) is 4.07. The summed E-state index contributed by atoms with van der Waals surface area (Å²) in [6, 6.07) is 4.94. The number of nitrogens with zero attached hydrogens (tertiary/aromatic N) is 1. The Hall–Kier alpha value is -0.930. The lowest BCUT2D eigenvalue weighted by molar-refractivity contribution is 0.204. The summed E-state index contributed by atoms with van der Waals surface area (Å²) in [5.74, 6) is 0.680. The van der Waals surface area contributed by atoms with Gasteiger partial charge in [-0.25, -0.2) is 0 Å². The van der Waals surface area contributed by atoms with Crippen molar-refractivity contribution in [2.45, 2.75) is 24.9 Å². The lowest BCUT2D eigenvalue weighted by Crippen LogP contribution is -2.42. The van der Waals surface area contributed by atoms with Crippen molar-refractivity contribution >= 4 is 0 Å². The van der Waals surface area contributed by atoms with Crippen LogP contribution in [0, 0.1) is 5.92 Å². The fraction of sp³-hybridized carbons (Fsp3) is 0.545. The first-order chi connectivity index (χ1) is 6.81. The second-order valence-corrected chi connectivity index (χ2v) is 4.04. The van der Waals surface area contributed by atoms with Gasteiger partial charge in [0.25, 0.3) is 0 Å². The Morgan fingerprint density at radius 3 is 2.86 bits per heavy atom. The monoisotopic (exact) mass is 191 g/mol. The third kappa shape index (κ3) is 1.79. The zero-order valence-electron chi connectivity index (χ0n) is 8.48. The lowest BCUT2D eigenvalue weighted by atomic mass is 9.74. The Balaban J connectivity index is 2.07. The molecule has 3 heteroatoms. The highest BCUT2D eigenvalue weighted by Gasteiger charge is 2.32. The molecule has 0 aliphatic heterocycles.